The molecule has 124 valence electrons. The fraction of sp³-hybridized carbons (Fsp3) is 1.00. The van der Waals surface area contributed by atoms with Crippen molar-refractivity contribution in [2.75, 3.05) is 0 Å². The van der Waals surface area contributed by atoms with Gasteiger partial charge in [0.25, 0.3) is 0 Å². The molecule has 2 heterocycles. The van der Waals surface area contributed by atoms with Crippen molar-refractivity contribution in [1.29, 1.82) is 0 Å². The van der Waals surface area contributed by atoms with Crippen molar-refractivity contribution >= 4 is 0 Å². The van der Waals surface area contributed by atoms with Gasteiger partial charge in [-0.25, -0.2) is 0 Å². The zero-order chi connectivity index (χ0) is 15.4. The summed E-state index contributed by atoms with van der Waals surface area (Å²) in [7, 11) is 0. The molecule has 0 radical (unpaired) electrons. The number of hydrogen-bond acceptors (Lipinski definition) is 8. The largest absolute Gasteiger partial charge is 0.365 e. The molecule has 0 amide bonds. The van der Waals surface area contributed by atoms with Crippen LogP contribution in [0.5, 0.6) is 0 Å². The van der Waals surface area contributed by atoms with E-state index < -0.39 is 47.6 Å². The van der Waals surface area contributed by atoms with Crippen LogP contribution >= 0.6 is 0 Å². The molecule has 0 aromatic carbocycles. The minimum absolute atomic E-state index is 0.335. The molecule has 8 heteroatoms. The van der Waals surface area contributed by atoms with Gasteiger partial charge in [-0.1, -0.05) is 0 Å². The Hall–Kier alpha value is -0.320. The third kappa shape index (κ3) is 1.14. The van der Waals surface area contributed by atoms with Gasteiger partial charge in [-0.3, -0.25) is 0 Å². The van der Waals surface area contributed by atoms with E-state index in [1.807, 2.05) is 0 Å². The van der Waals surface area contributed by atoms with E-state index in [0.717, 1.165) is 0 Å². The fourth-order valence-corrected chi connectivity index (χ4v) is 5.45. The highest BCUT2D eigenvalue weighted by Gasteiger charge is 2.83. The summed E-state index contributed by atoms with van der Waals surface area (Å²) < 4.78 is 23.4. The molecule has 4 spiro atoms. The van der Waals surface area contributed by atoms with Gasteiger partial charge < -0.3 is 39.4 Å². The molecule has 0 aromatic heterocycles. The number of ether oxygens (including phenoxy) is 4. The Morgan fingerprint density at radius 3 is 0.955 bits per heavy atom. The van der Waals surface area contributed by atoms with Gasteiger partial charge in [0.1, 0.15) is 0 Å². The summed E-state index contributed by atoms with van der Waals surface area (Å²) >= 11 is 0. The summed E-state index contributed by atoms with van der Waals surface area (Å²) in [6.07, 6.45) is -2.93. The van der Waals surface area contributed by atoms with Crippen LogP contribution in [0.3, 0.4) is 0 Å². The standard InChI is InChI=1S/C14H20O8/c15-7-11-3-1-4-12(11)8(16)22-14(10(18)20-12)6-2-5-13(14,21-7)9(17)19-11/h7-10,15-18H,1-6H2/t7-,8?,9?,10?,11?,12?,13?,14?/m1/s1. The van der Waals surface area contributed by atoms with Crippen molar-refractivity contribution < 1.29 is 39.4 Å². The lowest BCUT2D eigenvalue weighted by molar-refractivity contribution is -0.547. The normalized spacial score (nSPS) is 66.0. The molecular formula is C14H20O8. The van der Waals surface area contributed by atoms with Gasteiger partial charge in [-0.15, -0.1) is 0 Å². The Bertz CT molecular complexity index is 439. The Labute approximate surface area is 126 Å². The molecule has 2 saturated heterocycles. The highest BCUT2D eigenvalue weighted by Crippen LogP contribution is 2.65. The number of hydrogen-bond donors (Lipinski definition) is 4. The molecule has 2 aliphatic carbocycles. The Morgan fingerprint density at radius 2 is 0.727 bits per heavy atom. The molecule has 22 heavy (non-hydrogen) atoms. The average Bonchev–Trinajstić information content (AvgIpc) is 2.97. The monoisotopic (exact) mass is 316 g/mol. The van der Waals surface area contributed by atoms with E-state index in [1.54, 1.807) is 0 Å². The van der Waals surface area contributed by atoms with E-state index in [-0.39, 0.29) is 0 Å². The lowest BCUT2D eigenvalue weighted by Gasteiger charge is -2.67. The molecule has 2 saturated carbocycles. The first-order chi connectivity index (χ1) is 10.4. The molecule has 2 aliphatic heterocycles. The Kier molecular flexibility index (Phi) is 2.45. The second kappa shape index (κ2) is 3.84. The maximum Gasteiger partial charge on any atom is 0.188 e. The van der Waals surface area contributed by atoms with Crippen LogP contribution in [0.4, 0.5) is 0 Å². The summed E-state index contributed by atoms with van der Waals surface area (Å²) in [6.45, 7) is 0. The van der Waals surface area contributed by atoms with Crippen LogP contribution in [0, 0.1) is 0 Å². The lowest BCUT2D eigenvalue weighted by atomic mass is 9.73. The first-order valence-electron chi connectivity index (χ1n) is 7.86. The van der Waals surface area contributed by atoms with Crippen molar-refractivity contribution in [1.82, 2.24) is 0 Å². The zero-order valence-corrected chi connectivity index (χ0v) is 12.0. The van der Waals surface area contributed by atoms with Crippen LogP contribution < -0.4 is 0 Å². The number of rotatable bonds is 0. The van der Waals surface area contributed by atoms with E-state index in [0.29, 0.717) is 38.5 Å². The molecule has 4 fully saturated rings. The Morgan fingerprint density at radius 1 is 0.500 bits per heavy atom. The first-order valence-corrected chi connectivity index (χ1v) is 7.86. The smallest absolute Gasteiger partial charge is 0.188 e. The lowest BCUT2D eigenvalue weighted by Crippen LogP contribution is -2.86. The maximum absolute atomic E-state index is 10.7. The van der Waals surface area contributed by atoms with Crippen molar-refractivity contribution in [2.24, 2.45) is 0 Å². The number of aliphatic hydroxyl groups is 4. The number of fused-ring (bicyclic) bond motifs is 2. The van der Waals surface area contributed by atoms with Crippen molar-refractivity contribution in [2.45, 2.75) is 86.1 Å². The summed E-state index contributed by atoms with van der Waals surface area (Å²) in [5.41, 5.74) is -5.80. The topological polar surface area (TPSA) is 118 Å². The zero-order valence-electron chi connectivity index (χ0n) is 12.0. The SMILES string of the molecule is OC1OC23CCCC24OC(O)C2(CCCC12OC3O)O[C@H]4O. The quantitative estimate of drug-likeness (QED) is 0.435. The molecule has 4 rings (SSSR count). The predicted octanol–water partition coefficient (Wildman–Crippen LogP) is -1.31. The van der Waals surface area contributed by atoms with Gasteiger partial charge in [0.15, 0.2) is 47.6 Å². The van der Waals surface area contributed by atoms with Crippen LogP contribution in [-0.2, 0) is 18.9 Å². The second-order valence-corrected chi connectivity index (χ2v) is 7.15. The van der Waals surface area contributed by atoms with Gasteiger partial charge in [0.05, 0.1) is 0 Å². The van der Waals surface area contributed by atoms with Crippen molar-refractivity contribution in [3.8, 4) is 0 Å². The summed E-state index contributed by atoms with van der Waals surface area (Å²) in [4.78, 5) is 0. The van der Waals surface area contributed by atoms with Gasteiger partial charge in [-0.05, 0) is 38.5 Å². The molecule has 8 nitrogen and oxygen atoms in total. The second-order valence-electron chi connectivity index (χ2n) is 7.15. The van der Waals surface area contributed by atoms with Crippen LogP contribution in [0.2, 0.25) is 0 Å². The minimum Gasteiger partial charge on any atom is -0.365 e. The molecule has 7 unspecified atom stereocenters. The van der Waals surface area contributed by atoms with Crippen LogP contribution in [0.25, 0.3) is 0 Å². The van der Waals surface area contributed by atoms with E-state index in [4.69, 9.17) is 18.9 Å². The van der Waals surface area contributed by atoms with E-state index >= 15 is 0 Å². The first kappa shape index (κ1) is 14.1. The highest BCUT2D eigenvalue weighted by atomic mass is 16.8. The fourth-order valence-electron chi connectivity index (χ4n) is 5.45. The van der Waals surface area contributed by atoms with Crippen LogP contribution in [-0.4, -0.2) is 68.0 Å². The third-order valence-corrected chi connectivity index (χ3v) is 6.51. The third-order valence-electron chi connectivity index (χ3n) is 6.51. The maximum atomic E-state index is 10.7. The predicted molar refractivity (Wildman–Crippen MR) is 67.0 cm³/mol. The number of aliphatic hydroxyl groups excluding tert-OH is 4. The summed E-state index contributed by atoms with van der Waals surface area (Å²) in [5.74, 6) is 0. The van der Waals surface area contributed by atoms with Gasteiger partial charge in [-0.2, -0.15) is 0 Å². The van der Waals surface area contributed by atoms with Crippen LogP contribution in [0.15, 0.2) is 0 Å². The highest BCUT2D eigenvalue weighted by molar-refractivity contribution is 5.24. The Balaban J connectivity index is 1.79. The molecular weight excluding hydrogens is 296 g/mol. The summed E-state index contributed by atoms with van der Waals surface area (Å²) in [5, 5.41) is 42.6. The van der Waals surface area contributed by atoms with E-state index in [9.17, 15) is 20.4 Å². The van der Waals surface area contributed by atoms with Crippen molar-refractivity contribution in [3.63, 3.8) is 0 Å². The van der Waals surface area contributed by atoms with E-state index in [2.05, 4.69) is 0 Å². The van der Waals surface area contributed by atoms with Gasteiger partial charge >= 0.3 is 0 Å². The molecule has 0 bridgehead atoms. The van der Waals surface area contributed by atoms with Crippen LogP contribution in [0.1, 0.15) is 38.5 Å². The van der Waals surface area contributed by atoms with Gasteiger partial charge in [0.2, 0.25) is 0 Å². The average molecular weight is 316 g/mol. The van der Waals surface area contributed by atoms with Crippen molar-refractivity contribution in [3.05, 3.63) is 0 Å². The van der Waals surface area contributed by atoms with Gasteiger partial charge in [0, 0.05) is 0 Å². The molecule has 4 N–H and O–H groups in total. The molecule has 4 aliphatic rings. The molecule has 0 aromatic rings. The molecule has 8 atom stereocenters. The summed E-state index contributed by atoms with van der Waals surface area (Å²) in [6, 6.07) is 0. The minimum atomic E-state index is -1.45. The van der Waals surface area contributed by atoms with E-state index in [1.165, 1.54) is 0 Å².